The summed E-state index contributed by atoms with van der Waals surface area (Å²) in [5, 5.41) is 10.00. The molecule has 36 heavy (non-hydrogen) atoms. The Balaban J connectivity index is 1.72. The summed E-state index contributed by atoms with van der Waals surface area (Å²) in [6.07, 6.45) is 13.9. The summed E-state index contributed by atoms with van der Waals surface area (Å²) in [6.45, 7) is 10.7. The van der Waals surface area contributed by atoms with Crippen molar-refractivity contribution < 1.29 is 29.0 Å². The maximum Gasteiger partial charge on any atom is 0.479 e. The first kappa shape index (κ1) is 28.4. The van der Waals surface area contributed by atoms with Crippen LogP contribution in [-0.2, 0) is 19.1 Å². The summed E-state index contributed by atoms with van der Waals surface area (Å²) in [6, 6.07) is 0. The Morgan fingerprint density at radius 2 is 1.89 bits per heavy atom. The van der Waals surface area contributed by atoms with Gasteiger partial charge in [0.1, 0.15) is 11.7 Å². The molecule has 0 aromatic heterocycles. The quantitative estimate of drug-likeness (QED) is 0.259. The number of ether oxygens (including phenoxy) is 2. The van der Waals surface area contributed by atoms with Gasteiger partial charge in [-0.3, -0.25) is 9.59 Å². The SMILES string of the molecule is CC(=O)O[C@@H]1C/C(=C\C=C2/CCC[C@]3(C)C([C@H](C)CCC(=O)C(C)(C)O)=CCC23)CC(OC(C)=[OH+])C1. The lowest BCUT2D eigenvalue weighted by Crippen LogP contribution is -2.34. The van der Waals surface area contributed by atoms with Crippen molar-refractivity contribution in [2.45, 2.75) is 117 Å². The highest BCUT2D eigenvalue weighted by molar-refractivity contribution is 5.86. The normalized spacial score (nSPS) is 31.5. The molecule has 2 fully saturated rings. The van der Waals surface area contributed by atoms with Gasteiger partial charge in [0.2, 0.25) is 6.10 Å². The molecule has 0 amide bonds. The first-order valence-corrected chi connectivity index (χ1v) is 13.5. The molecule has 2 saturated carbocycles. The minimum Gasteiger partial charge on any atom is -0.462 e. The number of Topliss-reactive ketones (excluding diaryl/α,β-unsaturated/α-hetero) is 1. The molecule has 5 atom stereocenters. The summed E-state index contributed by atoms with van der Waals surface area (Å²) in [5.41, 5.74) is 2.92. The lowest BCUT2D eigenvalue weighted by atomic mass is 9.62. The number of hydrogen-bond acceptors (Lipinski definition) is 5. The molecule has 0 aromatic carbocycles. The van der Waals surface area contributed by atoms with Crippen molar-refractivity contribution in [3.8, 4) is 0 Å². The van der Waals surface area contributed by atoms with Crippen LogP contribution in [0.1, 0.15) is 99.3 Å². The van der Waals surface area contributed by atoms with Crippen molar-refractivity contribution in [2.75, 3.05) is 0 Å². The molecule has 0 bridgehead atoms. The molecule has 0 saturated heterocycles. The molecule has 200 valence electrons. The van der Waals surface area contributed by atoms with Crippen LogP contribution in [0, 0.1) is 17.3 Å². The number of fused-ring (bicyclic) bond motifs is 1. The summed E-state index contributed by atoms with van der Waals surface area (Å²) < 4.78 is 11.1. The zero-order valence-electron chi connectivity index (χ0n) is 22.9. The van der Waals surface area contributed by atoms with Crippen LogP contribution in [0.15, 0.2) is 34.9 Å². The standard InChI is InChI=1S/C30H44O6/c1-19(9-14-28(33)29(4,5)34)26-12-13-27-23(8-7-15-30(26,27)6)11-10-22-16-24(35-20(2)31)18-25(17-22)36-21(3)32/h10-12,19,24-25,27,34H,7-9,13-18H2,1-6H3/p+1/b22-10-,23-11+/t19-,24?,25-,27?,30-/m1/s1. The zero-order valence-corrected chi connectivity index (χ0v) is 22.9. The monoisotopic (exact) mass is 501 g/mol. The van der Waals surface area contributed by atoms with Crippen molar-refractivity contribution in [1.82, 2.24) is 0 Å². The Morgan fingerprint density at radius 3 is 2.50 bits per heavy atom. The van der Waals surface area contributed by atoms with Crippen LogP contribution >= 0.6 is 0 Å². The lowest BCUT2D eigenvalue weighted by molar-refractivity contribution is -0.148. The van der Waals surface area contributed by atoms with Gasteiger partial charge in [0.05, 0.1) is 6.92 Å². The van der Waals surface area contributed by atoms with E-state index in [1.165, 1.54) is 30.6 Å². The second-order valence-corrected chi connectivity index (χ2v) is 11.8. The maximum atomic E-state index is 12.3. The minimum atomic E-state index is -1.27. The van der Waals surface area contributed by atoms with Crippen molar-refractivity contribution >= 4 is 17.7 Å². The largest absolute Gasteiger partial charge is 0.479 e. The third-order valence-electron chi connectivity index (χ3n) is 8.34. The molecule has 0 radical (unpaired) electrons. The van der Waals surface area contributed by atoms with E-state index >= 15 is 0 Å². The van der Waals surface area contributed by atoms with Crippen LogP contribution in [0.5, 0.6) is 0 Å². The Labute approximate surface area is 216 Å². The highest BCUT2D eigenvalue weighted by atomic mass is 16.6. The molecule has 0 aliphatic heterocycles. The molecule has 0 heterocycles. The second kappa shape index (κ2) is 11.5. The van der Waals surface area contributed by atoms with Gasteiger partial charge in [-0.05, 0) is 63.2 Å². The smallest absolute Gasteiger partial charge is 0.462 e. The van der Waals surface area contributed by atoms with Crippen LogP contribution < -0.4 is 0 Å². The van der Waals surface area contributed by atoms with Gasteiger partial charge in [0.25, 0.3) is 0 Å². The zero-order chi connectivity index (χ0) is 26.7. The lowest BCUT2D eigenvalue weighted by Gasteiger charge is -2.42. The van der Waals surface area contributed by atoms with Gasteiger partial charge in [-0.1, -0.05) is 48.8 Å². The first-order chi connectivity index (χ1) is 16.8. The number of ketones is 1. The highest BCUT2D eigenvalue weighted by Gasteiger charge is 2.46. The van der Waals surface area contributed by atoms with E-state index in [2.05, 4.69) is 32.1 Å². The van der Waals surface area contributed by atoms with Crippen LogP contribution in [0.3, 0.4) is 0 Å². The number of carbonyl (C=O) groups excluding carboxylic acids is 3. The van der Waals surface area contributed by atoms with Crippen molar-refractivity contribution in [2.24, 2.45) is 17.3 Å². The molecular weight excluding hydrogens is 456 g/mol. The van der Waals surface area contributed by atoms with Crippen LogP contribution in [-0.4, -0.2) is 45.4 Å². The number of allylic oxidation sites excluding steroid dienone is 5. The average molecular weight is 502 g/mol. The Hall–Kier alpha value is -2.21. The molecular formula is C30H45O6+. The van der Waals surface area contributed by atoms with Crippen LogP contribution in [0.4, 0.5) is 0 Å². The molecule has 0 spiro atoms. The number of carbonyl (C=O) groups is 2. The fourth-order valence-electron chi connectivity index (χ4n) is 6.57. The highest BCUT2D eigenvalue weighted by Crippen LogP contribution is 2.57. The number of esters is 2. The van der Waals surface area contributed by atoms with Gasteiger partial charge < -0.3 is 19.4 Å². The molecule has 6 heteroatoms. The second-order valence-electron chi connectivity index (χ2n) is 11.8. The fourth-order valence-corrected chi connectivity index (χ4v) is 6.57. The first-order valence-electron chi connectivity index (χ1n) is 13.5. The van der Waals surface area contributed by atoms with Gasteiger partial charge in [0, 0.05) is 32.6 Å². The molecule has 3 rings (SSSR count). The van der Waals surface area contributed by atoms with E-state index in [0.29, 0.717) is 37.5 Å². The summed E-state index contributed by atoms with van der Waals surface area (Å²) >= 11 is 0. The number of rotatable bonds is 8. The van der Waals surface area contributed by atoms with E-state index in [0.717, 1.165) is 32.1 Å². The van der Waals surface area contributed by atoms with Crippen molar-refractivity contribution in [3.63, 3.8) is 0 Å². The summed E-state index contributed by atoms with van der Waals surface area (Å²) in [5.74, 6) is 0.309. The third kappa shape index (κ3) is 6.96. The molecule has 6 nitrogen and oxygen atoms in total. The van der Waals surface area contributed by atoms with Crippen molar-refractivity contribution in [3.05, 3.63) is 34.9 Å². The third-order valence-corrected chi connectivity index (χ3v) is 8.34. The maximum absolute atomic E-state index is 12.3. The topological polar surface area (TPSA) is 94.2 Å². The Kier molecular flexibility index (Phi) is 9.02. The average Bonchev–Trinajstić information content (AvgIpc) is 3.11. The predicted molar refractivity (Wildman–Crippen MR) is 141 cm³/mol. The minimum absolute atomic E-state index is 0.0628. The Morgan fingerprint density at radius 1 is 1.22 bits per heavy atom. The van der Waals surface area contributed by atoms with E-state index in [-0.39, 0.29) is 35.3 Å². The number of aliphatic hydroxyl groups is 1. The van der Waals surface area contributed by atoms with E-state index in [4.69, 9.17) is 9.47 Å². The molecule has 2 N–H and O–H groups in total. The van der Waals surface area contributed by atoms with Gasteiger partial charge in [-0.15, -0.1) is 0 Å². The molecule has 0 aromatic rings. The molecule has 3 aliphatic carbocycles. The van der Waals surface area contributed by atoms with Gasteiger partial charge in [0.15, 0.2) is 5.78 Å². The fraction of sp³-hybridized carbons (Fsp3) is 0.700. The van der Waals surface area contributed by atoms with E-state index in [1.54, 1.807) is 13.8 Å². The van der Waals surface area contributed by atoms with Gasteiger partial charge in [-0.25, -0.2) is 0 Å². The van der Waals surface area contributed by atoms with Crippen LogP contribution in [0.25, 0.3) is 0 Å². The molecule has 3 aliphatic rings. The summed E-state index contributed by atoms with van der Waals surface area (Å²) in [4.78, 5) is 33.4. The van der Waals surface area contributed by atoms with Crippen molar-refractivity contribution in [1.29, 1.82) is 0 Å². The molecule has 2 unspecified atom stereocenters. The van der Waals surface area contributed by atoms with Crippen LogP contribution in [0.2, 0.25) is 0 Å². The van der Waals surface area contributed by atoms with E-state index in [9.17, 15) is 19.5 Å². The number of hydrogen-bond donors (Lipinski definition) is 1. The van der Waals surface area contributed by atoms with Gasteiger partial charge >= 0.3 is 11.9 Å². The predicted octanol–water partition coefficient (Wildman–Crippen LogP) is 5.76. The Bertz CT molecular complexity index is 923. The van der Waals surface area contributed by atoms with Gasteiger partial charge in [-0.2, -0.15) is 0 Å². The summed E-state index contributed by atoms with van der Waals surface area (Å²) in [7, 11) is 0. The van der Waals surface area contributed by atoms with E-state index < -0.39 is 5.60 Å². The van der Waals surface area contributed by atoms with E-state index in [1.807, 2.05) is 0 Å².